The van der Waals surface area contributed by atoms with E-state index in [2.05, 4.69) is 41.4 Å². The summed E-state index contributed by atoms with van der Waals surface area (Å²) in [7, 11) is 0. The van der Waals surface area contributed by atoms with Crippen LogP contribution in [-0.4, -0.2) is 29.9 Å². The number of hydrogen-bond acceptors (Lipinski definition) is 2. The van der Waals surface area contributed by atoms with Crippen LogP contribution >= 0.6 is 0 Å². The Morgan fingerprint density at radius 1 is 1.16 bits per heavy atom. The third-order valence-electron chi connectivity index (χ3n) is 4.58. The predicted molar refractivity (Wildman–Crippen MR) is 103 cm³/mol. The molecule has 0 spiro atoms. The van der Waals surface area contributed by atoms with Gasteiger partial charge in [-0.25, -0.2) is 0 Å². The molecule has 130 valence electrons. The van der Waals surface area contributed by atoms with Crippen molar-refractivity contribution in [3.8, 4) is 0 Å². The highest BCUT2D eigenvalue weighted by Crippen LogP contribution is 2.14. The zero-order valence-corrected chi connectivity index (χ0v) is 14.8. The number of amides is 1. The van der Waals surface area contributed by atoms with Gasteiger partial charge in [-0.15, -0.1) is 0 Å². The van der Waals surface area contributed by atoms with Crippen molar-refractivity contribution in [2.75, 3.05) is 13.1 Å². The van der Waals surface area contributed by atoms with E-state index in [0.717, 1.165) is 31.6 Å². The van der Waals surface area contributed by atoms with Gasteiger partial charge in [0.05, 0.1) is 0 Å². The molecule has 0 aliphatic carbocycles. The van der Waals surface area contributed by atoms with Crippen molar-refractivity contribution in [2.24, 2.45) is 0 Å². The second-order valence-electron chi connectivity index (χ2n) is 6.79. The Morgan fingerprint density at radius 2 is 1.92 bits per heavy atom. The summed E-state index contributed by atoms with van der Waals surface area (Å²) in [5.41, 5.74) is 3.75. The molecule has 1 heterocycles. The van der Waals surface area contributed by atoms with E-state index < -0.39 is 0 Å². The Kier molecular flexibility index (Phi) is 6.02. The zero-order chi connectivity index (χ0) is 17.5. The van der Waals surface area contributed by atoms with Crippen LogP contribution < -0.4 is 5.32 Å². The van der Waals surface area contributed by atoms with Crippen LogP contribution in [0.25, 0.3) is 6.08 Å². The van der Waals surface area contributed by atoms with Gasteiger partial charge in [0.2, 0.25) is 5.91 Å². The van der Waals surface area contributed by atoms with E-state index in [0.29, 0.717) is 6.42 Å². The first-order valence-electron chi connectivity index (χ1n) is 8.98. The van der Waals surface area contributed by atoms with Crippen molar-refractivity contribution in [1.29, 1.82) is 0 Å². The zero-order valence-electron chi connectivity index (χ0n) is 14.8. The quantitative estimate of drug-likeness (QED) is 0.872. The molecule has 0 saturated carbocycles. The maximum Gasteiger partial charge on any atom is 0.224 e. The SMILES string of the molecule is Cc1ccc(CN2CC[C@H](NC(=O)C/C=C/c3ccccc3)C2)cc1. The molecule has 1 atom stereocenters. The summed E-state index contributed by atoms with van der Waals surface area (Å²) in [6.45, 7) is 5.04. The molecule has 2 aromatic carbocycles. The molecule has 0 unspecified atom stereocenters. The molecule has 2 aromatic rings. The predicted octanol–water partition coefficient (Wildman–Crippen LogP) is 3.79. The van der Waals surface area contributed by atoms with Crippen LogP contribution in [0.2, 0.25) is 0 Å². The minimum Gasteiger partial charge on any atom is -0.352 e. The van der Waals surface area contributed by atoms with Gasteiger partial charge in [0.15, 0.2) is 0 Å². The van der Waals surface area contributed by atoms with Gasteiger partial charge in [0, 0.05) is 32.1 Å². The van der Waals surface area contributed by atoms with E-state index in [1.54, 1.807) is 0 Å². The molecule has 0 bridgehead atoms. The number of likely N-dealkylation sites (tertiary alicyclic amines) is 1. The Bertz CT molecular complexity index is 707. The fourth-order valence-electron chi connectivity index (χ4n) is 3.20. The molecule has 1 aliphatic rings. The van der Waals surface area contributed by atoms with Crippen molar-refractivity contribution in [1.82, 2.24) is 10.2 Å². The average molecular weight is 334 g/mol. The van der Waals surface area contributed by atoms with Gasteiger partial charge in [-0.2, -0.15) is 0 Å². The Hall–Kier alpha value is -2.39. The number of carbonyl (C=O) groups is 1. The minimum absolute atomic E-state index is 0.106. The van der Waals surface area contributed by atoms with E-state index in [-0.39, 0.29) is 11.9 Å². The number of hydrogen-bond donors (Lipinski definition) is 1. The van der Waals surface area contributed by atoms with Gasteiger partial charge >= 0.3 is 0 Å². The highest BCUT2D eigenvalue weighted by molar-refractivity contribution is 5.78. The average Bonchev–Trinajstić information content (AvgIpc) is 3.05. The topological polar surface area (TPSA) is 32.3 Å². The van der Waals surface area contributed by atoms with Crippen LogP contribution in [-0.2, 0) is 11.3 Å². The molecule has 1 N–H and O–H groups in total. The van der Waals surface area contributed by atoms with Crippen LogP contribution in [0.1, 0.15) is 29.5 Å². The Labute approximate surface area is 150 Å². The molecular weight excluding hydrogens is 308 g/mol. The van der Waals surface area contributed by atoms with Gasteiger partial charge in [-0.1, -0.05) is 72.3 Å². The molecule has 0 aromatic heterocycles. The van der Waals surface area contributed by atoms with Crippen molar-refractivity contribution in [3.63, 3.8) is 0 Å². The lowest BCUT2D eigenvalue weighted by Crippen LogP contribution is -2.36. The van der Waals surface area contributed by atoms with Gasteiger partial charge in [-0.05, 0) is 24.5 Å². The molecular formula is C22H26N2O. The molecule has 1 saturated heterocycles. The molecule has 0 radical (unpaired) electrons. The van der Waals surface area contributed by atoms with Crippen molar-refractivity contribution in [3.05, 3.63) is 77.4 Å². The van der Waals surface area contributed by atoms with Crippen molar-refractivity contribution < 1.29 is 4.79 Å². The standard InChI is InChI=1S/C22H26N2O/c1-18-10-12-20(13-11-18)16-24-15-14-21(17-24)23-22(25)9-5-8-19-6-3-2-4-7-19/h2-8,10-13,21H,9,14-17H2,1H3,(H,23,25)/b8-5+/t21-/m0/s1. The second kappa shape index (κ2) is 8.63. The Morgan fingerprint density at radius 3 is 2.68 bits per heavy atom. The van der Waals surface area contributed by atoms with Crippen LogP contribution in [0.15, 0.2) is 60.7 Å². The van der Waals surface area contributed by atoms with E-state index in [4.69, 9.17) is 0 Å². The first-order chi connectivity index (χ1) is 12.2. The molecule has 3 heteroatoms. The smallest absolute Gasteiger partial charge is 0.224 e. The largest absolute Gasteiger partial charge is 0.352 e. The van der Waals surface area contributed by atoms with E-state index in [1.165, 1.54) is 11.1 Å². The summed E-state index contributed by atoms with van der Waals surface area (Å²) < 4.78 is 0. The van der Waals surface area contributed by atoms with Crippen molar-refractivity contribution >= 4 is 12.0 Å². The minimum atomic E-state index is 0.106. The lowest BCUT2D eigenvalue weighted by atomic mass is 10.1. The normalized spacial score (nSPS) is 17.9. The van der Waals surface area contributed by atoms with Crippen LogP contribution in [0.5, 0.6) is 0 Å². The molecule has 3 nitrogen and oxygen atoms in total. The summed E-state index contributed by atoms with van der Waals surface area (Å²) in [5.74, 6) is 0.106. The van der Waals surface area contributed by atoms with Gasteiger partial charge in [0.1, 0.15) is 0 Å². The number of nitrogens with one attached hydrogen (secondary N) is 1. The summed E-state index contributed by atoms with van der Waals surface area (Å²) in [4.78, 5) is 14.5. The molecule has 3 rings (SSSR count). The maximum atomic E-state index is 12.1. The van der Waals surface area contributed by atoms with E-state index in [9.17, 15) is 4.79 Å². The van der Waals surface area contributed by atoms with Gasteiger partial charge in [0.25, 0.3) is 0 Å². The number of benzene rings is 2. The van der Waals surface area contributed by atoms with Crippen LogP contribution in [0.3, 0.4) is 0 Å². The monoisotopic (exact) mass is 334 g/mol. The highest BCUT2D eigenvalue weighted by atomic mass is 16.1. The first kappa shape index (κ1) is 17.4. The summed E-state index contributed by atoms with van der Waals surface area (Å²) >= 11 is 0. The van der Waals surface area contributed by atoms with Crippen LogP contribution in [0, 0.1) is 6.92 Å². The van der Waals surface area contributed by atoms with Crippen LogP contribution in [0.4, 0.5) is 0 Å². The van der Waals surface area contributed by atoms with E-state index in [1.807, 2.05) is 42.5 Å². The summed E-state index contributed by atoms with van der Waals surface area (Å²) in [6.07, 6.45) is 5.39. The van der Waals surface area contributed by atoms with E-state index >= 15 is 0 Å². The molecule has 1 aliphatic heterocycles. The molecule has 1 amide bonds. The summed E-state index contributed by atoms with van der Waals surface area (Å²) in [5, 5.41) is 3.16. The first-order valence-corrected chi connectivity index (χ1v) is 8.98. The fraction of sp³-hybridized carbons (Fsp3) is 0.318. The number of nitrogens with zero attached hydrogens (tertiary/aromatic N) is 1. The van der Waals surface area contributed by atoms with Crippen molar-refractivity contribution in [2.45, 2.75) is 32.4 Å². The number of carbonyl (C=O) groups excluding carboxylic acids is 1. The third kappa shape index (κ3) is 5.57. The molecule has 25 heavy (non-hydrogen) atoms. The third-order valence-corrected chi connectivity index (χ3v) is 4.58. The summed E-state index contributed by atoms with van der Waals surface area (Å²) in [6, 6.07) is 19.0. The van der Waals surface area contributed by atoms with Gasteiger partial charge < -0.3 is 5.32 Å². The maximum absolute atomic E-state index is 12.1. The van der Waals surface area contributed by atoms with Gasteiger partial charge in [-0.3, -0.25) is 9.69 Å². The fourth-order valence-corrected chi connectivity index (χ4v) is 3.20. The highest BCUT2D eigenvalue weighted by Gasteiger charge is 2.23. The number of rotatable bonds is 6. The lowest BCUT2D eigenvalue weighted by molar-refractivity contribution is -0.120. The lowest BCUT2D eigenvalue weighted by Gasteiger charge is -2.16. The Balaban J connectivity index is 1.41. The number of aryl methyl sites for hydroxylation is 1. The molecule has 1 fully saturated rings. The second-order valence-corrected chi connectivity index (χ2v) is 6.79.